The van der Waals surface area contributed by atoms with Crippen LogP contribution >= 0.6 is 11.9 Å². The Morgan fingerprint density at radius 1 is 0.956 bits per heavy atom. The van der Waals surface area contributed by atoms with Gasteiger partial charge in [0.25, 0.3) is 0 Å². The summed E-state index contributed by atoms with van der Waals surface area (Å²) in [6, 6.07) is 29.2. The molecule has 45 heavy (non-hydrogen) atoms. The molecule has 2 aromatic heterocycles. The summed E-state index contributed by atoms with van der Waals surface area (Å²) in [6.07, 6.45) is 6.22. The number of nitrogens with zero attached hydrogens (tertiary/aromatic N) is 3. The summed E-state index contributed by atoms with van der Waals surface area (Å²) in [5.41, 5.74) is 7.86. The van der Waals surface area contributed by atoms with Gasteiger partial charge in [0.1, 0.15) is 11.4 Å². The van der Waals surface area contributed by atoms with Crippen molar-refractivity contribution in [1.82, 2.24) is 19.9 Å². The fourth-order valence-electron chi connectivity index (χ4n) is 6.17. The molecule has 9 heteroatoms. The van der Waals surface area contributed by atoms with E-state index in [2.05, 4.69) is 86.7 Å². The average molecular weight is 617 g/mol. The van der Waals surface area contributed by atoms with Gasteiger partial charge in [-0.1, -0.05) is 60.5 Å². The molecule has 0 saturated heterocycles. The first-order valence-electron chi connectivity index (χ1n) is 15.2. The van der Waals surface area contributed by atoms with Gasteiger partial charge in [-0.3, -0.25) is 4.57 Å². The van der Waals surface area contributed by atoms with Crippen LogP contribution in [-0.2, 0) is 10.3 Å². The van der Waals surface area contributed by atoms with Gasteiger partial charge in [0.05, 0.1) is 28.3 Å². The Balaban J connectivity index is 1.38. The fourth-order valence-corrected chi connectivity index (χ4v) is 6.54. The van der Waals surface area contributed by atoms with Gasteiger partial charge in [0.2, 0.25) is 0 Å². The van der Waals surface area contributed by atoms with Gasteiger partial charge < -0.3 is 20.1 Å². The van der Waals surface area contributed by atoms with E-state index < -0.39 is 11.1 Å². The number of alkyl carbamates (subject to hydrolysis) is 1. The molecule has 0 radical (unpaired) electrons. The Hall–Kier alpha value is -4.76. The minimum Gasteiger partial charge on any atom is -0.444 e. The van der Waals surface area contributed by atoms with Crippen LogP contribution < -0.4 is 15.4 Å². The average Bonchev–Trinajstić information content (AvgIpc) is 3.33. The lowest BCUT2D eigenvalue weighted by molar-refractivity contribution is 0.0377. The van der Waals surface area contributed by atoms with E-state index in [4.69, 9.17) is 14.7 Å². The topological polar surface area (TPSA) is 93.1 Å². The molecule has 1 amide bonds. The molecule has 8 nitrogen and oxygen atoms in total. The Labute approximate surface area is 267 Å². The van der Waals surface area contributed by atoms with Crippen LogP contribution in [0.3, 0.4) is 0 Å². The van der Waals surface area contributed by atoms with Gasteiger partial charge in [-0.05, 0) is 82.0 Å². The number of fused-ring (bicyclic) bond motifs is 5. The van der Waals surface area contributed by atoms with Crippen LogP contribution in [0.5, 0.6) is 0 Å². The van der Waals surface area contributed by atoms with E-state index in [1.54, 1.807) is 18.1 Å². The summed E-state index contributed by atoms with van der Waals surface area (Å²) in [5, 5.41) is 6.73. The molecule has 0 unspecified atom stereocenters. The number of hydrogen-bond donors (Lipinski definition) is 3. The largest absolute Gasteiger partial charge is 0.444 e. The van der Waals surface area contributed by atoms with Crippen molar-refractivity contribution in [2.45, 2.75) is 51.2 Å². The minimum atomic E-state index is -0.558. The monoisotopic (exact) mass is 616 g/mol. The molecule has 0 atom stereocenters. The lowest BCUT2D eigenvalue weighted by Crippen LogP contribution is -2.52. The lowest BCUT2D eigenvalue weighted by Gasteiger charge is -2.43. The summed E-state index contributed by atoms with van der Waals surface area (Å²) in [6.45, 7) is 5.65. The Morgan fingerprint density at radius 3 is 2.38 bits per heavy atom. The van der Waals surface area contributed by atoms with Crippen LogP contribution in [0.2, 0.25) is 0 Å². The molecule has 1 saturated carbocycles. The van der Waals surface area contributed by atoms with E-state index >= 15 is 0 Å². The third-order valence-electron chi connectivity index (χ3n) is 8.36. The van der Waals surface area contributed by atoms with Crippen molar-refractivity contribution in [3.63, 3.8) is 0 Å². The standard InChI is InChI=1S/C36H36N6O2S/c1-35(2,3)44-34(43)40-36(20-8-21-36)25-16-12-24(13-17-25)31-30(23-14-18-26(19-15-23)41-45-4)39-33-27-9-5-6-10-28(27)38-32-29(42(31)33)11-7-22-37-32/h5-7,9-19,22,41H,8,20-21H2,1-4H3,(H,37,38)(H,40,43). The summed E-state index contributed by atoms with van der Waals surface area (Å²) < 4.78 is 11.1. The molecule has 3 N–H and O–H groups in total. The number of ether oxygens (including phenoxy) is 1. The number of pyridine rings is 1. The third-order valence-corrected chi connectivity index (χ3v) is 8.80. The molecular formula is C36H36N6O2S. The summed E-state index contributed by atoms with van der Waals surface area (Å²) in [7, 11) is 0. The number of rotatable bonds is 6. The van der Waals surface area contributed by atoms with Crippen molar-refractivity contribution < 1.29 is 9.53 Å². The number of carbonyl (C=O) groups excluding carboxylic acids is 1. The zero-order chi connectivity index (χ0) is 31.2. The molecule has 1 aliphatic carbocycles. The van der Waals surface area contributed by atoms with Crippen molar-refractivity contribution in [1.29, 1.82) is 0 Å². The fraction of sp³-hybridized carbons (Fsp3) is 0.250. The molecule has 1 fully saturated rings. The Bertz CT molecular complexity index is 1870. The highest BCUT2D eigenvalue weighted by Gasteiger charge is 2.41. The predicted molar refractivity (Wildman–Crippen MR) is 183 cm³/mol. The first kappa shape index (κ1) is 29.0. The number of nitrogens with one attached hydrogen (secondary N) is 3. The molecule has 5 aromatic rings. The molecule has 2 aliphatic rings. The second kappa shape index (κ2) is 11.3. The van der Waals surface area contributed by atoms with Crippen LogP contribution in [0.25, 0.3) is 39.6 Å². The number of amides is 1. The van der Waals surface area contributed by atoms with Crippen molar-refractivity contribution in [3.05, 3.63) is 96.7 Å². The molecule has 1 aliphatic heterocycles. The molecular weight excluding hydrogens is 581 g/mol. The second-order valence-corrected chi connectivity index (χ2v) is 13.1. The van der Waals surface area contributed by atoms with Gasteiger partial charge in [-0.2, -0.15) is 0 Å². The van der Waals surface area contributed by atoms with Crippen LogP contribution in [0.1, 0.15) is 45.6 Å². The molecule has 228 valence electrons. The normalized spacial score (nSPS) is 14.5. The first-order valence-corrected chi connectivity index (χ1v) is 16.4. The van der Waals surface area contributed by atoms with E-state index in [9.17, 15) is 4.79 Å². The van der Waals surface area contributed by atoms with Gasteiger partial charge in [-0.15, -0.1) is 0 Å². The van der Waals surface area contributed by atoms with Gasteiger partial charge in [-0.25, -0.2) is 14.8 Å². The number of hydrogen-bond acceptors (Lipinski definition) is 7. The van der Waals surface area contributed by atoms with E-state index in [0.717, 1.165) is 81.6 Å². The second-order valence-electron chi connectivity index (χ2n) is 12.5. The van der Waals surface area contributed by atoms with E-state index in [1.807, 2.05) is 45.2 Å². The smallest absolute Gasteiger partial charge is 0.408 e. The van der Waals surface area contributed by atoms with Crippen molar-refractivity contribution >= 4 is 35.2 Å². The van der Waals surface area contributed by atoms with Crippen molar-refractivity contribution in [3.8, 4) is 39.6 Å². The molecule has 7 rings (SSSR count). The SMILES string of the molecule is CSNc1ccc(-c2nc3n(c2-c2ccc(C4(NC(=O)OC(C)(C)C)CCC4)cc2)-c2cccnc2Nc2ccccc2-3)cc1. The molecule has 3 heterocycles. The maximum absolute atomic E-state index is 12.8. The van der Waals surface area contributed by atoms with Crippen LogP contribution in [0.4, 0.5) is 22.0 Å². The number of aromatic nitrogens is 3. The predicted octanol–water partition coefficient (Wildman–Crippen LogP) is 8.92. The number of anilines is 3. The summed E-state index contributed by atoms with van der Waals surface area (Å²) in [4.78, 5) is 22.9. The van der Waals surface area contributed by atoms with E-state index in [-0.39, 0.29) is 6.09 Å². The quantitative estimate of drug-likeness (QED) is 0.161. The summed E-state index contributed by atoms with van der Waals surface area (Å²) >= 11 is 1.56. The molecule has 0 bridgehead atoms. The first-order chi connectivity index (χ1) is 21.7. The maximum atomic E-state index is 12.8. The maximum Gasteiger partial charge on any atom is 0.408 e. The number of para-hydroxylation sites is 1. The van der Waals surface area contributed by atoms with Crippen LogP contribution in [0, 0.1) is 0 Å². The van der Waals surface area contributed by atoms with Gasteiger partial charge in [0.15, 0.2) is 5.82 Å². The third kappa shape index (κ3) is 5.42. The lowest BCUT2D eigenvalue weighted by atomic mass is 9.71. The Kier molecular flexibility index (Phi) is 7.28. The number of benzene rings is 3. The van der Waals surface area contributed by atoms with Crippen molar-refractivity contribution in [2.24, 2.45) is 0 Å². The summed E-state index contributed by atoms with van der Waals surface area (Å²) in [5.74, 6) is 1.60. The Morgan fingerprint density at radius 2 is 1.69 bits per heavy atom. The highest BCUT2D eigenvalue weighted by Crippen LogP contribution is 2.46. The highest BCUT2D eigenvalue weighted by molar-refractivity contribution is 7.99. The van der Waals surface area contributed by atoms with Crippen molar-refractivity contribution in [2.75, 3.05) is 16.3 Å². The number of carbonyl (C=O) groups is 1. The highest BCUT2D eigenvalue weighted by atomic mass is 32.2. The zero-order valence-electron chi connectivity index (χ0n) is 25.8. The van der Waals surface area contributed by atoms with Crippen LogP contribution in [0.15, 0.2) is 91.1 Å². The zero-order valence-corrected chi connectivity index (χ0v) is 26.7. The van der Waals surface area contributed by atoms with Gasteiger partial charge in [0, 0.05) is 34.8 Å². The molecule has 3 aromatic carbocycles. The van der Waals surface area contributed by atoms with Gasteiger partial charge >= 0.3 is 6.09 Å². The minimum absolute atomic E-state index is 0.385. The van der Waals surface area contributed by atoms with E-state index in [1.165, 1.54) is 0 Å². The molecule has 0 spiro atoms. The van der Waals surface area contributed by atoms with Crippen LogP contribution in [-0.4, -0.2) is 32.5 Å². The number of imidazole rings is 1. The van der Waals surface area contributed by atoms with E-state index in [0.29, 0.717) is 0 Å².